The number of fused-ring (bicyclic) bond motifs is 1. The van der Waals surface area contributed by atoms with Crippen molar-refractivity contribution in [2.24, 2.45) is 5.10 Å². The molecule has 1 fully saturated rings. The molecule has 0 unspecified atom stereocenters. The van der Waals surface area contributed by atoms with Crippen molar-refractivity contribution < 1.29 is 5.11 Å². The molecule has 0 saturated heterocycles. The fraction of sp³-hybridized carbons (Fsp3) is 0.167. The third-order valence-electron chi connectivity index (χ3n) is 4.23. The Kier molecular flexibility index (Phi) is 3.85. The molecule has 0 radical (unpaired) electrons. The predicted octanol–water partition coefficient (Wildman–Crippen LogP) is 3.55. The highest BCUT2D eigenvalue weighted by atomic mass is 32.1. The van der Waals surface area contributed by atoms with Gasteiger partial charge < -0.3 is 5.11 Å². The van der Waals surface area contributed by atoms with Gasteiger partial charge in [0.1, 0.15) is 5.56 Å². The Labute approximate surface area is 148 Å². The van der Waals surface area contributed by atoms with E-state index >= 15 is 0 Å². The van der Waals surface area contributed by atoms with Gasteiger partial charge in [-0.15, -0.1) is 0 Å². The monoisotopic (exact) mass is 352 g/mol. The van der Waals surface area contributed by atoms with Gasteiger partial charge in [0.05, 0.1) is 11.9 Å². The molecule has 1 aliphatic carbocycles. The molecule has 7 heteroatoms. The molecule has 0 bridgehead atoms. The van der Waals surface area contributed by atoms with Crippen molar-refractivity contribution in [3.8, 4) is 5.88 Å². The first-order valence-electron chi connectivity index (χ1n) is 8.00. The smallest absolute Gasteiger partial charge is 0.264 e. The summed E-state index contributed by atoms with van der Waals surface area (Å²) in [7, 11) is 0. The van der Waals surface area contributed by atoms with Crippen molar-refractivity contribution in [3.05, 3.63) is 63.2 Å². The molecule has 1 saturated carbocycles. The van der Waals surface area contributed by atoms with E-state index in [1.54, 1.807) is 4.57 Å². The van der Waals surface area contributed by atoms with Crippen LogP contribution < -0.4 is 11.0 Å². The van der Waals surface area contributed by atoms with Gasteiger partial charge in [0.15, 0.2) is 4.77 Å². The number of aromatic hydroxyl groups is 1. The number of nitrogens with one attached hydrogen (secondary N) is 2. The van der Waals surface area contributed by atoms with Crippen LogP contribution in [0.1, 0.15) is 24.4 Å². The van der Waals surface area contributed by atoms with E-state index in [-0.39, 0.29) is 22.3 Å². The summed E-state index contributed by atoms with van der Waals surface area (Å²) in [5.74, 6) is -0.139. The first-order valence-corrected chi connectivity index (χ1v) is 8.40. The van der Waals surface area contributed by atoms with Crippen LogP contribution in [0.3, 0.4) is 0 Å². The molecular formula is C18H16N4O2S. The summed E-state index contributed by atoms with van der Waals surface area (Å²) in [4.78, 5) is 14.7. The van der Waals surface area contributed by atoms with Crippen LogP contribution in [0.2, 0.25) is 0 Å². The van der Waals surface area contributed by atoms with Crippen LogP contribution in [0.25, 0.3) is 10.8 Å². The minimum absolute atomic E-state index is 0.0910. The van der Waals surface area contributed by atoms with Crippen LogP contribution in [0, 0.1) is 4.77 Å². The molecule has 1 aromatic heterocycles. The van der Waals surface area contributed by atoms with Crippen LogP contribution in [0.5, 0.6) is 5.88 Å². The standard InChI is InChI=1S/C18H16N4O2S/c23-16-14(17(24)22(12-8-9-12)18(25)20-16)10-19-21-15-7-3-5-11-4-1-2-6-13(11)15/h1-7,10,12,21,24H,8-9H2,(H,20,23,25)/b19-10+. The van der Waals surface area contributed by atoms with Crippen LogP contribution in [-0.2, 0) is 0 Å². The first kappa shape index (κ1) is 15.6. The van der Waals surface area contributed by atoms with Crippen LogP contribution in [0.15, 0.2) is 52.4 Å². The van der Waals surface area contributed by atoms with Gasteiger partial charge in [-0.25, -0.2) is 0 Å². The molecular weight excluding hydrogens is 336 g/mol. The number of aromatic nitrogens is 2. The molecule has 126 valence electrons. The minimum Gasteiger partial charge on any atom is -0.494 e. The quantitative estimate of drug-likeness (QED) is 0.381. The predicted molar refractivity (Wildman–Crippen MR) is 101 cm³/mol. The van der Waals surface area contributed by atoms with Gasteiger partial charge in [-0.1, -0.05) is 36.4 Å². The summed E-state index contributed by atoms with van der Waals surface area (Å²) in [6.07, 6.45) is 3.21. The lowest BCUT2D eigenvalue weighted by Crippen LogP contribution is -2.18. The molecule has 0 aliphatic heterocycles. The zero-order valence-corrected chi connectivity index (χ0v) is 14.1. The number of nitrogens with zero attached hydrogens (tertiary/aromatic N) is 2. The first-order chi connectivity index (χ1) is 12.1. The molecule has 2 aromatic carbocycles. The second-order valence-electron chi connectivity index (χ2n) is 5.99. The van der Waals surface area contributed by atoms with Crippen molar-refractivity contribution in [2.75, 3.05) is 5.43 Å². The molecule has 0 spiro atoms. The SMILES string of the molecule is O=c1[nH]c(=S)n(C2CC2)c(O)c1/C=N/Nc1cccc2ccccc12. The van der Waals surface area contributed by atoms with E-state index in [9.17, 15) is 9.90 Å². The highest BCUT2D eigenvalue weighted by molar-refractivity contribution is 7.71. The Balaban J connectivity index is 1.67. The van der Waals surface area contributed by atoms with Crippen LogP contribution in [0.4, 0.5) is 5.69 Å². The number of hydrogen-bond donors (Lipinski definition) is 3. The topological polar surface area (TPSA) is 82.4 Å². The highest BCUT2D eigenvalue weighted by Gasteiger charge is 2.27. The average molecular weight is 352 g/mol. The summed E-state index contributed by atoms with van der Waals surface area (Å²) >= 11 is 5.13. The van der Waals surface area contributed by atoms with Crippen LogP contribution >= 0.6 is 12.2 Å². The molecule has 3 N–H and O–H groups in total. The van der Waals surface area contributed by atoms with Crippen molar-refractivity contribution in [2.45, 2.75) is 18.9 Å². The Morgan fingerprint density at radius 3 is 2.80 bits per heavy atom. The lowest BCUT2D eigenvalue weighted by atomic mass is 10.1. The molecule has 6 nitrogen and oxygen atoms in total. The normalized spacial score (nSPS) is 14.2. The van der Waals surface area contributed by atoms with Gasteiger partial charge in [-0.05, 0) is 36.5 Å². The van der Waals surface area contributed by atoms with Crippen molar-refractivity contribution in [1.82, 2.24) is 9.55 Å². The fourth-order valence-corrected chi connectivity index (χ4v) is 3.16. The van der Waals surface area contributed by atoms with Gasteiger partial charge in [-0.2, -0.15) is 5.10 Å². The largest absolute Gasteiger partial charge is 0.494 e. The van der Waals surface area contributed by atoms with Gasteiger partial charge in [-0.3, -0.25) is 19.8 Å². The van der Waals surface area contributed by atoms with Gasteiger partial charge >= 0.3 is 0 Å². The van der Waals surface area contributed by atoms with Crippen molar-refractivity contribution in [3.63, 3.8) is 0 Å². The van der Waals surface area contributed by atoms with E-state index in [4.69, 9.17) is 12.2 Å². The van der Waals surface area contributed by atoms with Gasteiger partial charge in [0, 0.05) is 11.4 Å². The van der Waals surface area contributed by atoms with Crippen molar-refractivity contribution >= 4 is 34.9 Å². The molecule has 0 atom stereocenters. The summed E-state index contributed by atoms with van der Waals surface area (Å²) in [6.45, 7) is 0. The maximum atomic E-state index is 12.1. The zero-order chi connectivity index (χ0) is 17.4. The molecule has 1 heterocycles. The lowest BCUT2D eigenvalue weighted by molar-refractivity contribution is 0.405. The van der Waals surface area contributed by atoms with E-state index in [0.717, 1.165) is 29.3 Å². The second-order valence-corrected chi connectivity index (χ2v) is 6.38. The van der Waals surface area contributed by atoms with Crippen LogP contribution in [-0.4, -0.2) is 20.9 Å². The maximum absolute atomic E-state index is 12.1. The Bertz CT molecular complexity index is 1090. The number of aromatic amines is 1. The zero-order valence-electron chi connectivity index (χ0n) is 13.3. The third kappa shape index (κ3) is 2.94. The molecule has 0 amide bonds. The Hall–Kier alpha value is -2.93. The summed E-state index contributed by atoms with van der Waals surface area (Å²) in [6, 6.07) is 13.9. The average Bonchev–Trinajstić information content (AvgIpc) is 3.42. The van der Waals surface area contributed by atoms with Gasteiger partial charge in [0.2, 0.25) is 5.88 Å². The second kappa shape index (κ2) is 6.18. The minimum atomic E-state index is -0.456. The molecule has 1 aliphatic rings. The summed E-state index contributed by atoms with van der Waals surface area (Å²) in [5.41, 5.74) is 3.39. The van der Waals surface area contributed by atoms with E-state index < -0.39 is 5.56 Å². The molecule has 25 heavy (non-hydrogen) atoms. The Morgan fingerprint density at radius 2 is 2.00 bits per heavy atom. The Morgan fingerprint density at radius 1 is 1.24 bits per heavy atom. The molecule has 4 rings (SSSR count). The fourth-order valence-electron chi connectivity index (χ4n) is 2.83. The number of hydrazone groups is 1. The van der Waals surface area contributed by atoms with E-state index in [1.165, 1.54) is 6.21 Å². The highest BCUT2D eigenvalue weighted by Crippen LogP contribution is 2.37. The number of rotatable bonds is 4. The summed E-state index contributed by atoms with van der Waals surface area (Å²) in [5, 5.41) is 16.6. The lowest BCUT2D eigenvalue weighted by Gasteiger charge is -2.09. The number of anilines is 1. The van der Waals surface area contributed by atoms with E-state index in [1.807, 2.05) is 42.5 Å². The maximum Gasteiger partial charge on any atom is 0.264 e. The van der Waals surface area contributed by atoms with E-state index in [0.29, 0.717) is 0 Å². The van der Waals surface area contributed by atoms with Gasteiger partial charge in [0.25, 0.3) is 5.56 Å². The van der Waals surface area contributed by atoms with Crippen molar-refractivity contribution in [1.29, 1.82) is 0 Å². The summed E-state index contributed by atoms with van der Waals surface area (Å²) < 4.78 is 1.82. The number of benzene rings is 2. The number of hydrogen-bond acceptors (Lipinski definition) is 5. The molecule has 3 aromatic rings. The number of H-pyrrole nitrogens is 1. The third-order valence-corrected chi connectivity index (χ3v) is 4.53. The van der Waals surface area contributed by atoms with E-state index in [2.05, 4.69) is 15.5 Å².